The van der Waals surface area contributed by atoms with Gasteiger partial charge in [0.1, 0.15) is 5.69 Å². The molecular weight excluding hydrogens is 246 g/mol. The zero-order valence-electron chi connectivity index (χ0n) is 10.2. The second kappa shape index (κ2) is 5.15. The smallest absolute Gasteiger partial charge is 0.274 e. The number of carbonyl (C=O) groups is 1. The number of ether oxygens (including phenoxy) is 1. The van der Waals surface area contributed by atoms with Gasteiger partial charge >= 0.3 is 0 Å². The topological polar surface area (TPSA) is 84.0 Å². The molecule has 1 aliphatic rings. The van der Waals surface area contributed by atoms with E-state index >= 15 is 0 Å². The zero-order valence-corrected chi connectivity index (χ0v) is 10.2. The van der Waals surface area contributed by atoms with Crippen LogP contribution >= 0.6 is 0 Å². The van der Waals surface area contributed by atoms with E-state index in [0.717, 1.165) is 5.69 Å². The summed E-state index contributed by atoms with van der Waals surface area (Å²) in [6, 6.07) is 1.68. The molecule has 0 spiro atoms. The van der Waals surface area contributed by atoms with Crippen molar-refractivity contribution >= 4 is 5.91 Å². The van der Waals surface area contributed by atoms with Gasteiger partial charge in [0.25, 0.3) is 5.91 Å². The third-order valence-electron chi connectivity index (χ3n) is 3.05. The van der Waals surface area contributed by atoms with E-state index < -0.39 is 0 Å². The Kier molecular flexibility index (Phi) is 3.20. The summed E-state index contributed by atoms with van der Waals surface area (Å²) in [6.45, 7) is 1.50. The Morgan fingerprint density at radius 1 is 1.42 bits per heavy atom. The lowest BCUT2D eigenvalue weighted by atomic mass is 10.1. The van der Waals surface area contributed by atoms with Crippen molar-refractivity contribution in [3.63, 3.8) is 0 Å². The first kappa shape index (κ1) is 11.8. The van der Waals surface area contributed by atoms with E-state index in [1.165, 1.54) is 12.4 Å². The number of morpholine rings is 1. The van der Waals surface area contributed by atoms with Crippen molar-refractivity contribution in [1.82, 2.24) is 25.1 Å². The van der Waals surface area contributed by atoms with Gasteiger partial charge in [-0.1, -0.05) is 0 Å². The van der Waals surface area contributed by atoms with Crippen LogP contribution in [0.3, 0.4) is 0 Å². The molecule has 0 bridgehead atoms. The molecule has 0 aromatic carbocycles. The number of aromatic amines is 1. The minimum absolute atomic E-state index is 0.143. The Balaban J connectivity index is 1.87. The van der Waals surface area contributed by atoms with Gasteiger partial charge in [0, 0.05) is 25.1 Å². The van der Waals surface area contributed by atoms with Crippen molar-refractivity contribution in [2.24, 2.45) is 0 Å². The predicted molar refractivity (Wildman–Crippen MR) is 65.2 cm³/mol. The summed E-state index contributed by atoms with van der Waals surface area (Å²) in [6.07, 6.45) is 6.19. The molecule has 19 heavy (non-hydrogen) atoms. The Bertz CT molecular complexity index is 543. The number of nitrogens with zero attached hydrogens (tertiary/aromatic N) is 4. The molecule has 2 aromatic rings. The number of hydrogen-bond acceptors (Lipinski definition) is 5. The first-order valence-electron chi connectivity index (χ1n) is 6.00. The number of carbonyl (C=O) groups excluding carboxylic acids is 1. The van der Waals surface area contributed by atoms with Crippen molar-refractivity contribution in [2.75, 3.05) is 19.8 Å². The van der Waals surface area contributed by atoms with E-state index in [4.69, 9.17) is 4.74 Å². The monoisotopic (exact) mass is 259 g/mol. The van der Waals surface area contributed by atoms with Gasteiger partial charge in [-0.25, -0.2) is 4.98 Å². The van der Waals surface area contributed by atoms with Gasteiger partial charge < -0.3 is 9.64 Å². The van der Waals surface area contributed by atoms with Gasteiger partial charge in [0.05, 0.1) is 31.1 Å². The van der Waals surface area contributed by atoms with Gasteiger partial charge in [-0.3, -0.25) is 14.9 Å². The van der Waals surface area contributed by atoms with E-state index in [1.54, 1.807) is 17.3 Å². The molecule has 1 saturated heterocycles. The Morgan fingerprint density at radius 2 is 2.37 bits per heavy atom. The van der Waals surface area contributed by atoms with Gasteiger partial charge in [-0.2, -0.15) is 5.10 Å². The Hall–Kier alpha value is -2.28. The third-order valence-corrected chi connectivity index (χ3v) is 3.05. The van der Waals surface area contributed by atoms with Crippen molar-refractivity contribution in [2.45, 2.75) is 6.04 Å². The van der Waals surface area contributed by atoms with Crippen molar-refractivity contribution in [3.8, 4) is 0 Å². The number of rotatable bonds is 2. The fraction of sp³-hybridized carbons (Fsp3) is 0.333. The normalized spacial score (nSPS) is 19.4. The highest BCUT2D eigenvalue weighted by molar-refractivity contribution is 5.92. The van der Waals surface area contributed by atoms with Gasteiger partial charge in [0.2, 0.25) is 0 Å². The first-order chi connectivity index (χ1) is 9.36. The van der Waals surface area contributed by atoms with E-state index in [0.29, 0.717) is 25.5 Å². The minimum atomic E-state index is -0.161. The van der Waals surface area contributed by atoms with Crippen LogP contribution in [0.1, 0.15) is 22.2 Å². The maximum Gasteiger partial charge on any atom is 0.274 e. The maximum absolute atomic E-state index is 12.4. The molecule has 0 radical (unpaired) electrons. The fourth-order valence-electron chi connectivity index (χ4n) is 2.11. The highest BCUT2D eigenvalue weighted by atomic mass is 16.5. The fourth-order valence-corrected chi connectivity index (χ4v) is 2.11. The Morgan fingerprint density at radius 3 is 3.11 bits per heavy atom. The van der Waals surface area contributed by atoms with E-state index in [1.807, 2.05) is 6.07 Å². The van der Waals surface area contributed by atoms with Crippen molar-refractivity contribution in [3.05, 3.63) is 42.2 Å². The van der Waals surface area contributed by atoms with Crippen LogP contribution < -0.4 is 0 Å². The van der Waals surface area contributed by atoms with Crippen LogP contribution in [-0.2, 0) is 4.74 Å². The van der Waals surface area contributed by atoms with Crippen LogP contribution in [0.15, 0.2) is 30.9 Å². The zero-order chi connectivity index (χ0) is 13.1. The van der Waals surface area contributed by atoms with Crippen molar-refractivity contribution in [1.29, 1.82) is 0 Å². The quantitative estimate of drug-likeness (QED) is 0.844. The lowest BCUT2D eigenvalue weighted by Gasteiger charge is -2.34. The number of aromatic nitrogens is 4. The highest BCUT2D eigenvalue weighted by Gasteiger charge is 2.30. The molecule has 7 nitrogen and oxygen atoms in total. The van der Waals surface area contributed by atoms with Crippen molar-refractivity contribution < 1.29 is 9.53 Å². The molecule has 3 heterocycles. The minimum Gasteiger partial charge on any atom is -0.377 e. The standard InChI is InChI=1S/C12H13N5O2/c18-12(10-7-13-3-4-14-10)17-5-6-19-8-11(17)9-1-2-15-16-9/h1-4,7,11H,5-6,8H2,(H,15,16)/t11-/m0/s1. The molecule has 1 amide bonds. The molecular formula is C12H13N5O2. The molecule has 0 aliphatic carbocycles. The summed E-state index contributed by atoms with van der Waals surface area (Å²) in [5.41, 5.74) is 1.20. The number of H-pyrrole nitrogens is 1. The van der Waals surface area contributed by atoms with Crippen LogP contribution in [0, 0.1) is 0 Å². The molecule has 3 rings (SSSR count). The molecule has 0 saturated carbocycles. The summed E-state index contributed by atoms with van der Waals surface area (Å²) in [7, 11) is 0. The van der Waals surface area contributed by atoms with Crippen LogP contribution in [0.25, 0.3) is 0 Å². The Labute approximate surface area is 109 Å². The molecule has 1 atom stereocenters. The lowest BCUT2D eigenvalue weighted by molar-refractivity contribution is -0.00424. The number of hydrogen-bond donors (Lipinski definition) is 1. The van der Waals surface area contributed by atoms with E-state index in [2.05, 4.69) is 20.2 Å². The van der Waals surface area contributed by atoms with Crippen LogP contribution in [0.4, 0.5) is 0 Å². The molecule has 1 N–H and O–H groups in total. The van der Waals surface area contributed by atoms with Gasteiger partial charge in [-0.05, 0) is 6.07 Å². The summed E-state index contributed by atoms with van der Waals surface area (Å²) in [5.74, 6) is -0.143. The van der Waals surface area contributed by atoms with Gasteiger partial charge in [-0.15, -0.1) is 0 Å². The molecule has 0 unspecified atom stereocenters. The van der Waals surface area contributed by atoms with E-state index in [-0.39, 0.29) is 11.9 Å². The molecule has 1 aliphatic heterocycles. The number of nitrogens with one attached hydrogen (secondary N) is 1. The summed E-state index contributed by atoms with van der Waals surface area (Å²) in [4.78, 5) is 22.2. The summed E-state index contributed by atoms with van der Waals surface area (Å²) >= 11 is 0. The molecule has 1 fully saturated rings. The van der Waals surface area contributed by atoms with Gasteiger partial charge in [0.15, 0.2) is 0 Å². The first-order valence-corrected chi connectivity index (χ1v) is 6.00. The average Bonchev–Trinajstić information content (AvgIpc) is 3.01. The summed E-state index contributed by atoms with van der Waals surface area (Å²) < 4.78 is 5.44. The van der Waals surface area contributed by atoms with Crippen LogP contribution in [0.2, 0.25) is 0 Å². The predicted octanol–water partition coefficient (Wildman–Crippen LogP) is 0.413. The second-order valence-corrected chi connectivity index (χ2v) is 4.19. The largest absolute Gasteiger partial charge is 0.377 e. The van der Waals surface area contributed by atoms with Crippen LogP contribution in [0.5, 0.6) is 0 Å². The van der Waals surface area contributed by atoms with Crippen LogP contribution in [-0.4, -0.2) is 50.7 Å². The SMILES string of the molecule is O=C(c1cnccn1)N1CCOC[C@H]1c1ccn[nH]1. The molecule has 2 aromatic heterocycles. The summed E-state index contributed by atoms with van der Waals surface area (Å²) in [5, 5.41) is 6.80. The molecule has 98 valence electrons. The second-order valence-electron chi connectivity index (χ2n) is 4.19. The average molecular weight is 259 g/mol. The van der Waals surface area contributed by atoms with E-state index in [9.17, 15) is 4.79 Å². The maximum atomic E-state index is 12.4. The number of amides is 1. The highest BCUT2D eigenvalue weighted by Crippen LogP contribution is 2.23. The lowest BCUT2D eigenvalue weighted by Crippen LogP contribution is -2.43. The third kappa shape index (κ3) is 2.32. The molecule has 7 heteroatoms.